The summed E-state index contributed by atoms with van der Waals surface area (Å²) < 4.78 is 5.08. The molecule has 0 aromatic heterocycles. The van der Waals surface area contributed by atoms with Gasteiger partial charge in [-0.25, -0.2) is 4.79 Å². The summed E-state index contributed by atoms with van der Waals surface area (Å²) in [5.74, 6) is -1.84. The molecule has 0 radical (unpaired) electrons. The molecule has 3 rings (SSSR count). The van der Waals surface area contributed by atoms with E-state index in [0.29, 0.717) is 16.7 Å². The van der Waals surface area contributed by atoms with Gasteiger partial charge in [0.25, 0.3) is 0 Å². The average Bonchev–Trinajstić information content (AvgIpc) is 2.74. The zero-order chi connectivity index (χ0) is 20.1. The van der Waals surface area contributed by atoms with E-state index >= 15 is 0 Å². The summed E-state index contributed by atoms with van der Waals surface area (Å²) in [6.07, 6.45) is 0. The van der Waals surface area contributed by atoms with Crippen molar-refractivity contribution in [1.29, 1.82) is 5.26 Å². The van der Waals surface area contributed by atoms with E-state index in [1.165, 1.54) is 0 Å². The summed E-state index contributed by atoms with van der Waals surface area (Å²) in [5, 5.41) is 9.75. The van der Waals surface area contributed by atoms with Gasteiger partial charge in [0.15, 0.2) is 5.78 Å². The van der Waals surface area contributed by atoms with Crippen LogP contribution in [-0.2, 0) is 9.53 Å². The third kappa shape index (κ3) is 3.71. The molecule has 1 atom stereocenters. The Morgan fingerprint density at radius 1 is 1.11 bits per heavy atom. The van der Waals surface area contributed by atoms with Crippen molar-refractivity contribution < 1.29 is 14.3 Å². The first-order valence-electron chi connectivity index (χ1n) is 8.72. The molecule has 1 unspecified atom stereocenters. The molecule has 6 heteroatoms. The van der Waals surface area contributed by atoms with E-state index in [1.54, 1.807) is 31.2 Å². The highest BCUT2D eigenvalue weighted by atomic mass is 32.2. The molecule has 1 aliphatic heterocycles. The summed E-state index contributed by atoms with van der Waals surface area (Å²) in [5.41, 5.74) is 8.11. The average molecular weight is 390 g/mol. The van der Waals surface area contributed by atoms with Crippen LogP contribution in [0, 0.1) is 17.2 Å². The standard InChI is InChI=1S/C22H18N2O3S/c1-2-27-22(26)21-19(24)18(20(25)15-11-7-4-8-12-15)17(16(13-23)28-21)14-9-5-3-6-10-14/h3-12,18H,2,24H2,1H3. The first-order chi connectivity index (χ1) is 13.6. The number of hydrogen-bond donors (Lipinski definition) is 1. The number of rotatable bonds is 5. The van der Waals surface area contributed by atoms with Gasteiger partial charge in [-0.1, -0.05) is 72.4 Å². The zero-order valence-corrected chi connectivity index (χ0v) is 16.0. The maximum absolute atomic E-state index is 13.4. The summed E-state index contributed by atoms with van der Waals surface area (Å²) in [6.45, 7) is 1.86. The number of allylic oxidation sites excluding steroid dienone is 2. The summed E-state index contributed by atoms with van der Waals surface area (Å²) >= 11 is 0.953. The fourth-order valence-corrected chi connectivity index (χ4v) is 4.00. The van der Waals surface area contributed by atoms with Crippen molar-refractivity contribution in [2.75, 3.05) is 6.61 Å². The second-order valence-electron chi connectivity index (χ2n) is 5.99. The molecule has 28 heavy (non-hydrogen) atoms. The van der Waals surface area contributed by atoms with Crippen LogP contribution >= 0.6 is 11.8 Å². The second kappa shape index (κ2) is 8.59. The lowest BCUT2D eigenvalue weighted by atomic mass is 9.83. The van der Waals surface area contributed by atoms with Crippen LogP contribution in [0.5, 0.6) is 0 Å². The number of carbonyl (C=O) groups excluding carboxylic acids is 2. The number of nitrogens with zero attached hydrogens (tertiary/aromatic N) is 1. The van der Waals surface area contributed by atoms with Gasteiger partial charge in [0.05, 0.1) is 17.4 Å². The van der Waals surface area contributed by atoms with Gasteiger partial charge in [-0.05, 0) is 12.5 Å². The SMILES string of the molecule is CCOC(=O)C1=C(N)C(C(=O)c2ccccc2)C(c2ccccc2)=C(C#N)S1. The highest BCUT2D eigenvalue weighted by Gasteiger charge is 2.38. The number of carbonyl (C=O) groups is 2. The number of benzene rings is 2. The van der Waals surface area contributed by atoms with E-state index in [-0.39, 0.29) is 27.9 Å². The van der Waals surface area contributed by atoms with Crippen molar-refractivity contribution in [2.45, 2.75) is 6.92 Å². The first kappa shape index (κ1) is 19.5. The molecule has 1 aliphatic rings. The van der Waals surface area contributed by atoms with Gasteiger partial charge in [-0.15, -0.1) is 0 Å². The van der Waals surface area contributed by atoms with E-state index in [9.17, 15) is 14.9 Å². The highest BCUT2D eigenvalue weighted by Crippen LogP contribution is 2.46. The Kier molecular flexibility index (Phi) is 5.97. The lowest BCUT2D eigenvalue weighted by molar-refractivity contribution is -0.137. The molecule has 0 spiro atoms. The van der Waals surface area contributed by atoms with Crippen LogP contribution in [0.15, 0.2) is 76.2 Å². The Morgan fingerprint density at radius 2 is 1.71 bits per heavy atom. The monoisotopic (exact) mass is 390 g/mol. The first-order valence-corrected chi connectivity index (χ1v) is 9.53. The van der Waals surface area contributed by atoms with Gasteiger partial charge in [0.2, 0.25) is 0 Å². The topological polar surface area (TPSA) is 93.2 Å². The number of nitrogens with two attached hydrogens (primary N) is 1. The minimum Gasteiger partial charge on any atom is -0.462 e. The lowest BCUT2D eigenvalue weighted by Gasteiger charge is -2.27. The number of nitriles is 1. The molecular formula is C22H18N2O3S. The molecule has 0 saturated heterocycles. The number of ketones is 1. The Morgan fingerprint density at radius 3 is 2.29 bits per heavy atom. The van der Waals surface area contributed by atoms with E-state index in [4.69, 9.17) is 10.5 Å². The number of hydrogen-bond acceptors (Lipinski definition) is 6. The predicted octanol–water partition coefficient (Wildman–Crippen LogP) is 3.90. The van der Waals surface area contributed by atoms with Crippen molar-refractivity contribution >= 4 is 29.1 Å². The number of esters is 1. The third-order valence-corrected chi connectivity index (χ3v) is 5.40. The number of Topliss-reactive ketones (excluding diaryl/α,β-unsaturated/α-hetero) is 1. The van der Waals surface area contributed by atoms with Crippen LogP contribution in [-0.4, -0.2) is 18.4 Å². The quantitative estimate of drug-likeness (QED) is 0.615. The van der Waals surface area contributed by atoms with Crippen LogP contribution < -0.4 is 5.73 Å². The van der Waals surface area contributed by atoms with Gasteiger partial charge < -0.3 is 10.5 Å². The summed E-state index contributed by atoms with van der Waals surface area (Å²) in [7, 11) is 0. The molecule has 5 nitrogen and oxygen atoms in total. The molecule has 2 aromatic carbocycles. The maximum Gasteiger partial charge on any atom is 0.346 e. The Bertz CT molecular complexity index is 1010. The van der Waals surface area contributed by atoms with Gasteiger partial charge in [0, 0.05) is 16.8 Å². The van der Waals surface area contributed by atoms with Gasteiger partial charge >= 0.3 is 5.97 Å². The van der Waals surface area contributed by atoms with Crippen LogP contribution in [0.1, 0.15) is 22.8 Å². The Hall–Kier alpha value is -3.30. The van der Waals surface area contributed by atoms with Gasteiger partial charge in [-0.3, -0.25) is 4.79 Å². The van der Waals surface area contributed by atoms with Crippen LogP contribution in [0.25, 0.3) is 5.57 Å². The van der Waals surface area contributed by atoms with Crippen molar-refractivity contribution in [1.82, 2.24) is 0 Å². The third-order valence-electron chi connectivity index (χ3n) is 4.28. The summed E-state index contributed by atoms with van der Waals surface area (Å²) in [6, 6.07) is 20.0. The van der Waals surface area contributed by atoms with Crippen LogP contribution in [0.4, 0.5) is 0 Å². The molecule has 1 heterocycles. The molecule has 0 amide bonds. The molecule has 0 aliphatic carbocycles. The zero-order valence-electron chi connectivity index (χ0n) is 15.2. The molecule has 0 fully saturated rings. The van der Waals surface area contributed by atoms with E-state index in [2.05, 4.69) is 6.07 Å². The van der Waals surface area contributed by atoms with Gasteiger partial charge in [0.1, 0.15) is 11.0 Å². The number of thioether (sulfide) groups is 1. The van der Waals surface area contributed by atoms with Crippen molar-refractivity contribution in [2.24, 2.45) is 11.7 Å². The Balaban J connectivity index is 2.20. The minimum absolute atomic E-state index is 0.0902. The van der Waals surface area contributed by atoms with Crippen molar-refractivity contribution in [3.8, 4) is 6.07 Å². The summed E-state index contributed by atoms with van der Waals surface area (Å²) in [4.78, 5) is 26.1. The molecular weight excluding hydrogens is 372 g/mol. The highest BCUT2D eigenvalue weighted by molar-refractivity contribution is 8.08. The molecule has 0 saturated carbocycles. The Labute approximate surface area is 167 Å². The fraction of sp³-hybridized carbons (Fsp3) is 0.136. The van der Waals surface area contributed by atoms with Crippen LogP contribution in [0.2, 0.25) is 0 Å². The predicted molar refractivity (Wildman–Crippen MR) is 109 cm³/mol. The van der Waals surface area contributed by atoms with Gasteiger partial charge in [-0.2, -0.15) is 5.26 Å². The van der Waals surface area contributed by atoms with E-state index in [1.807, 2.05) is 36.4 Å². The number of ether oxygens (including phenoxy) is 1. The molecule has 2 aromatic rings. The minimum atomic E-state index is -0.944. The van der Waals surface area contributed by atoms with Crippen molar-refractivity contribution in [3.05, 3.63) is 87.3 Å². The fourth-order valence-electron chi connectivity index (χ4n) is 3.03. The van der Waals surface area contributed by atoms with Crippen molar-refractivity contribution in [3.63, 3.8) is 0 Å². The maximum atomic E-state index is 13.4. The van der Waals surface area contributed by atoms with Crippen LogP contribution in [0.3, 0.4) is 0 Å². The van der Waals surface area contributed by atoms with E-state index in [0.717, 1.165) is 11.8 Å². The normalized spacial score (nSPS) is 16.5. The molecule has 140 valence electrons. The molecule has 2 N–H and O–H groups in total. The second-order valence-corrected chi connectivity index (χ2v) is 7.01. The molecule has 0 bridgehead atoms. The lowest BCUT2D eigenvalue weighted by Crippen LogP contribution is -2.29. The largest absolute Gasteiger partial charge is 0.462 e. The van der Waals surface area contributed by atoms with E-state index < -0.39 is 11.9 Å². The smallest absolute Gasteiger partial charge is 0.346 e.